The molecule has 102 valence electrons. The normalized spacial score (nSPS) is 26.2. The van der Waals surface area contributed by atoms with Crippen LogP contribution < -0.4 is 10.6 Å². The minimum atomic E-state index is -0.196. The van der Waals surface area contributed by atoms with Gasteiger partial charge in [0.05, 0.1) is 0 Å². The van der Waals surface area contributed by atoms with Crippen LogP contribution in [0.5, 0.6) is 0 Å². The Morgan fingerprint density at radius 3 is 2.79 bits per heavy atom. The summed E-state index contributed by atoms with van der Waals surface area (Å²) in [5, 5.41) is 6.29. The quantitative estimate of drug-likeness (QED) is 0.810. The number of piperidine rings is 2. The lowest BCUT2D eigenvalue weighted by molar-refractivity contribution is -0.127. The molecule has 2 heterocycles. The molecule has 2 aliphatic rings. The van der Waals surface area contributed by atoms with E-state index in [0.717, 1.165) is 31.5 Å². The Labute approximate surface area is 112 Å². The van der Waals surface area contributed by atoms with Crippen LogP contribution in [0.15, 0.2) is 24.3 Å². The topological polar surface area (TPSA) is 41.1 Å². The van der Waals surface area contributed by atoms with Crippen molar-refractivity contribution in [2.45, 2.75) is 25.2 Å². The number of carbonyl (C=O) groups excluding carboxylic acids is 1. The van der Waals surface area contributed by atoms with E-state index in [4.69, 9.17) is 0 Å². The van der Waals surface area contributed by atoms with Crippen LogP contribution in [0.3, 0.4) is 0 Å². The summed E-state index contributed by atoms with van der Waals surface area (Å²) in [7, 11) is 0. The van der Waals surface area contributed by atoms with E-state index >= 15 is 0 Å². The van der Waals surface area contributed by atoms with Crippen LogP contribution in [0.25, 0.3) is 0 Å². The standard InChI is InChI=1S/C15H19FN2O/c16-12-3-1-2-11(8-12)13-10-18-14(19)9-15(13)4-6-17-7-5-15/h1-3,8,13,17H,4-7,9-10H2,(H,18,19)/t13-/m0/s1. The maximum absolute atomic E-state index is 13.5. The molecule has 4 heteroatoms. The van der Waals surface area contributed by atoms with Crippen molar-refractivity contribution in [1.82, 2.24) is 10.6 Å². The van der Waals surface area contributed by atoms with Crippen molar-refractivity contribution in [2.75, 3.05) is 19.6 Å². The first-order valence-corrected chi connectivity index (χ1v) is 6.92. The van der Waals surface area contributed by atoms with Gasteiger partial charge in [-0.3, -0.25) is 4.79 Å². The van der Waals surface area contributed by atoms with E-state index in [2.05, 4.69) is 10.6 Å². The zero-order chi connectivity index (χ0) is 13.3. The lowest BCUT2D eigenvalue weighted by Crippen LogP contribution is -2.51. The number of hydrogen-bond acceptors (Lipinski definition) is 2. The smallest absolute Gasteiger partial charge is 0.220 e. The largest absolute Gasteiger partial charge is 0.355 e. The first kappa shape index (κ1) is 12.6. The van der Waals surface area contributed by atoms with Gasteiger partial charge in [0.2, 0.25) is 5.91 Å². The third-order valence-corrected chi connectivity index (χ3v) is 4.61. The molecule has 2 N–H and O–H groups in total. The van der Waals surface area contributed by atoms with Crippen LogP contribution >= 0.6 is 0 Å². The van der Waals surface area contributed by atoms with Gasteiger partial charge >= 0.3 is 0 Å². The molecule has 3 nitrogen and oxygen atoms in total. The number of rotatable bonds is 1. The van der Waals surface area contributed by atoms with Crippen LogP contribution in [-0.2, 0) is 4.79 Å². The number of nitrogens with one attached hydrogen (secondary N) is 2. The van der Waals surface area contributed by atoms with Crippen molar-refractivity contribution >= 4 is 5.91 Å². The highest BCUT2D eigenvalue weighted by Gasteiger charge is 2.44. The third kappa shape index (κ3) is 2.37. The van der Waals surface area contributed by atoms with E-state index in [1.807, 2.05) is 6.07 Å². The zero-order valence-electron chi connectivity index (χ0n) is 10.9. The molecule has 0 radical (unpaired) electrons. The van der Waals surface area contributed by atoms with Gasteiger partial charge in [-0.15, -0.1) is 0 Å². The molecule has 2 saturated heterocycles. The summed E-state index contributed by atoms with van der Waals surface area (Å²) in [6, 6.07) is 6.83. The fraction of sp³-hybridized carbons (Fsp3) is 0.533. The van der Waals surface area contributed by atoms with E-state index < -0.39 is 0 Å². The van der Waals surface area contributed by atoms with Gasteiger partial charge in [0, 0.05) is 18.9 Å². The molecular formula is C15H19FN2O. The average Bonchev–Trinajstić information content (AvgIpc) is 2.39. The Balaban J connectivity index is 1.95. The fourth-order valence-corrected chi connectivity index (χ4v) is 3.58. The average molecular weight is 262 g/mol. The third-order valence-electron chi connectivity index (χ3n) is 4.61. The maximum atomic E-state index is 13.5. The predicted octanol–water partition coefficient (Wildman–Crippen LogP) is 1.80. The Morgan fingerprint density at radius 2 is 2.05 bits per heavy atom. The van der Waals surface area contributed by atoms with Crippen LogP contribution in [0.2, 0.25) is 0 Å². The van der Waals surface area contributed by atoms with Crippen molar-refractivity contribution in [3.05, 3.63) is 35.6 Å². The van der Waals surface area contributed by atoms with Crippen molar-refractivity contribution in [3.8, 4) is 0 Å². The second-order valence-corrected chi connectivity index (χ2v) is 5.70. The lowest BCUT2D eigenvalue weighted by atomic mass is 9.63. The van der Waals surface area contributed by atoms with Crippen molar-refractivity contribution in [2.24, 2.45) is 5.41 Å². The van der Waals surface area contributed by atoms with Gasteiger partial charge in [0.25, 0.3) is 0 Å². The molecule has 0 unspecified atom stereocenters. The van der Waals surface area contributed by atoms with Crippen molar-refractivity contribution < 1.29 is 9.18 Å². The number of amides is 1. The predicted molar refractivity (Wildman–Crippen MR) is 71.3 cm³/mol. The Morgan fingerprint density at radius 1 is 1.26 bits per heavy atom. The number of carbonyl (C=O) groups is 1. The second kappa shape index (κ2) is 4.93. The maximum Gasteiger partial charge on any atom is 0.220 e. The molecule has 0 aromatic heterocycles. The molecule has 0 saturated carbocycles. The minimum Gasteiger partial charge on any atom is -0.355 e. The van der Waals surface area contributed by atoms with Gasteiger partial charge in [-0.05, 0) is 49.0 Å². The molecule has 2 fully saturated rings. The number of hydrogen-bond donors (Lipinski definition) is 2. The highest BCUT2D eigenvalue weighted by atomic mass is 19.1. The fourth-order valence-electron chi connectivity index (χ4n) is 3.58. The van der Waals surface area contributed by atoms with Crippen LogP contribution in [0, 0.1) is 11.2 Å². The van der Waals surface area contributed by atoms with Crippen molar-refractivity contribution in [1.29, 1.82) is 0 Å². The van der Waals surface area contributed by atoms with E-state index in [1.165, 1.54) is 6.07 Å². The Bertz CT molecular complexity index is 483. The highest BCUT2D eigenvalue weighted by Crippen LogP contribution is 2.47. The molecule has 1 aromatic carbocycles. The van der Waals surface area contributed by atoms with Gasteiger partial charge in [-0.25, -0.2) is 4.39 Å². The Kier molecular flexibility index (Phi) is 3.27. The van der Waals surface area contributed by atoms with Gasteiger partial charge < -0.3 is 10.6 Å². The highest BCUT2D eigenvalue weighted by molar-refractivity contribution is 5.78. The molecular weight excluding hydrogens is 243 g/mol. The van der Waals surface area contributed by atoms with Gasteiger partial charge in [0.15, 0.2) is 0 Å². The Hall–Kier alpha value is -1.42. The first-order chi connectivity index (χ1) is 9.20. The SMILES string of the molecule is O=C1CC2(CCNCC2)[C@H](c2cccc(F)c2)CN1. The summed E-state index contributed by atoms with van der Waals surface area (Å²) >= 11 is 0. The monoisotopic (exact) mass is 262 g/mol. The van der Waals surface area contributed by atoms with Gasteiger partial charge in [0.1, 0.15) is 5.82 Å². The van der Waals surface area contributed by atoms with Crippen molar-refractivity contribution in [3.63, 3.8) is 0 Å². The minimum absolute atomic E-state index is 0.00137. The molecule has 1 spiro atoms. The second-order valence-electron chi connectivity index (χ2n) is 5.70. The molecule has 0 bridgehead atoms. The number of benzene rings is 1. The summed E-state index contributed by atoms with van der Waals surface area (Å²) in [5.74, 6) is 0.163. The molecule has 1 atom stereocenters. The van der Waals surface area contributed by atoms with E-state index in [-0.39, 0.29) is 23.1 Å². The van der Waals surface area contributed by atoms with Gasteiger partial charge in [-0.1, -0.05) is 12.1 Å². The molecule has 3 rings (SSSR count). The summed E-state index contributed by atoms with van der Waals surface area (Å²) in [4.78, 5) is 11.8. The summed E-state index contributed by atoms with van der Waals surface area (Å²) < 4.78 is 13.5. The first-order valence-electron chi connectivity index (χ1n) is 6.92. The van der Waals surface area contributed by atoms with E-state index in [0.29, 0.717) is 13.0 Å². The summed E-state index contributed by atoms with van der Waals surface area (Å²) in [6.07, 6.45) is 2.54. The van der Waals surface area contributed by atoms with Crippen LogP contribution in [0.1, 0.15) is 30.7 Å². The van der Waals surface area contributed by atoms with Crippen LogP contribution in [-0.4, -0.2) is 25.5 Å². The number of halogens is 1. The van der Waals surface area contributed by atoms with Crippen LogP contribution in [0.4, 0.5) is 4.39 Å². The zero-order valence-corrected chi connectivity index (χ0v) is 10.9. The summed E-state index contributed by atoms with van der Waals surface area (Å²) in [5.41, 5.74) is 1.02. The molecule has 0 aliphatic carbocycles. The molecule has 1 amide bonds. The molecule has 19 heavy (non-hydrogen) atoms. The van der Waals surface area contributed by atoms with E-state index in [9.17, 15) is 9.18 Å². The molecule has 1 aromatic rings. The molecule has 2 aliphatic heterocycles. The van der Waals surface area contributed by atoms with Gasteiger partial charge in [-0.2, -0.15) is 0 Å². The lowest BCUT2D eigenvalue weighted by Gasteiger charge is -2.46. The summed E-state index contributed by atoms with van der Waals surface area (Å²) in [6.45, 7) is 2.51. The van der Waals surface area contributed by atoms with E-state index in [1.54, 1.807) is 12.1 Å².